The van der Waals surface area contributed by atoms with Crippen LogP contribution < -0.4 is 5.32 Å². The van der Waals surface area contributed by atoms with Crippen molar-refractivity contribution >= 4 is 17.3 Å². The lowest BCUT2D eigenvalue weighted by molar-refractivity contribution is -0.0367. The number of hydrogen-bond donors (Lipinski definition) is 1. The third-order valence-electron chi connectivity index (χ3n) is 4.84. The van der Waals surface area contributed by atoms with Gasteiger partial charge in [0.15, 0.2) is 5.96 Å². The van der Waals surface area contributed by atoms with Crippen LogP contribution in [0.4, 0.5) is 0 Å². The number of likely N-dealkylation sites (tertiary alicyclic amines) is 1. The Kier molecular flexibility index (Phi) is 7.07. The summed E-state index contributed by atoms with van der Waals surface area (Å²) in [4.78, 5) is 12.5. The van der Waals surface area contributed by atoms with Gasteiger partial charge < -0.3 is 19.7 Å². The number of piperidine rings is 1. The topological polar surface area (TPSA) is 59.0 Å². The average molecular weight is 367 g/mol. The fourth-order valence-corrected chi connectivity index (χ4v) is 4.14. The Morgan fingerprint density at radius 3 is 2.92 bits per heavy atom. The first-order valence-corrected chi connectivity index (χ1v) is 10.2. The van der Waals surface area contributed by atoms with Crippen LogP contribution in [0.5, 0.6) is 0 Å². The highest BCUT2D eigenvalue weighted by Gasteiger charge is 2.24. The highest BCUT2D eigenvalue weighted by molar-refractivity contribution is 7.11. The monoisotopic (exact) mass is 366 g/mol. The molecule has 1 N–H and O–H groups in total. The molecule has 0 aromatic carbocycles. The summed E-state index contributed by atoms with van der Waals surface area (Å²) in [6.07, 6.45) is 8.10. The number of guanidine groups is 1. The van der Waals surface area contributed by atoms with Crippen LogP contribution >= 0.6 is 11.3 Å². The average Bonchev–Trinajstić information content (AvgIpc) is 3.33. The summed E-state index contributed by atoms with van der Waals surface area (Å²) < 4.78 is 11.7. The summed E-state index contributed by atoms with van der Waals surface area (Å²) >= 11 is 1.77. The second-order valence-electron chi connectivity index (χ2n) is 6.63. The predicted molar refractivity (Wildman–Crippen MR) is 101 cm³/mol. The molecule has 3 heterocycles. The van der Waals surface area contributed by atoms with Crippen molar-refractivity contribution < 1.29 is 9.47 Å². The largest absolute Gasteiger partial charge is 0.376 e. The maximum Gasteiger partial charge on any atom is 0.193 e. The van der Waals surface area contributed by atoms with Crippen molar-refractivity contribution in [2.45, 2.75) is 57.8 Å². The fraction of sp³-hybridized carbons (Fsp3) is 0.778. The van der Waals surface area contributed by atoms with Gasteiger partial charge in [0, 0.05) is 37.8 Å². The van der Waals surface area contributed by atoms with Crippen LogP contribution in [0.3, 0.4) is 0 Å². The maximum absolute atomic E-state index is 6.05. The number of nitrogens with one attached hydrogen (secondary N) is 1. The molecule has 0 aliphatic carbocycles. The molecule has 3 rings (SSSR count). The molecule has 1 aromatic heterocycles. The Morgan fingerprint density at radius 1 is 1.44 bits per heavy atom. The molecule has 1 unspecified atom stereocenters. The summed E-state index contributed by atoms with van der Waals surface area (Å²) in [5, 5.41) is 4.57. The molecule has 7 heteroatoms. The van der Waals surface area contributed by atoms with Gasteiger partial charge in [-0.2, -0.15) is 0 Å². The van der Waals surface area contributed by atoms with Crippen LogP contribution in [0, 0.1) is 0 Å². The lowest BCUT2D eigenvalue weighted by Crippen LogP contribution is -2.47. The predicted octanol–water partition coefficient (Wildman–Crippen LogP) is 2.44. The van der Waals surface area contributed by atoms with Crippen LogP contribution in [0.1, 0.15) is 42.5 Å². The van der Waals surface area contributed by atoms with Gasteiger partial charge in [-0.25, -0.2) is 4.98 Å². The summed E-state index contributed by atoms with van der Waals surface area (Å²) in [5.74, 6) is 0.964. The molecule has 2 aliphatic rings. The third-order valence-corrected chi connectivity index (χ3v) is 5.98. The number of ether oxygens (including phenoxy) is 2. The van der Waals surface area contributed by atoms with Gasteiger partial charge in [-0.1, -0.05) is 6.92 Å². The number of hydrogen-bond acceptors (Lipinski definition) is 5. The number of aliphatic imine (C=N–C) groups is 1. The lowest BCUT2D eigenvalue weighted by atomic mass is 10.1. The Morgan fingerprint density at radius 2 is 2.28 bits per heavy atom. The first kappa shape index (κ1) is 18.6. The number of rotatable bonds is 6. The van der Waals surface area contributed by atoms with Crippen LogP contribution in [-0.4, -0.2) is 61.4 Å². The van der Waals surface area contributed by atoms with Crippen LogP contribution in [-0.2, 0) is 22.4 Å². The van der Waals surface area contributed by atoms with Crippen LogP contribution in [0.15, 0.2) is 11.2 Å². The second kappa shape index (κ2) is 9.50. The van der Waals surface area contributed by atoms with E-state index in [2.05, 4.69) is 27.1 Å². The van der Waals surface area contributed by atoms with Crippen molar-refractivity contribution in [3.8, 4) is 0 Å². The van der Waals surface area contributed by atoms with Crippen molar-refractivity contribution in [1.29, 1.82) is 0 Å². The number of nitrogens with zero attached hydrogens (tertiary/aromatic N) is 3. The first-order valence-electron chi connectivity index (χ1n) is 9.41. The molecule has 0 radical (unpaired) electrons. The molecule has 2 fully saturated rings. The Bertz CT molecular complexity index is 549. The Hall–Kier alpha value is -1.18. The molecule has 0 spiro atoms. The van der Waals surface area contributed by atoms with Gasteiger partial charge >= 0.3 is 0 Å². The highest BCUT2D eigenvalue weighted by Crippen LogP contribution is 2.18. The molecular weight excluding hydrogens is 336 g/mol. The van der Waals surface area contributed by atoms with E-state index in [1.54, 1.807) is 11.3 Å². The van der Waals surface area contributed by atoms with Crippen molar-refractivity contribution in [3.05, 3.63) is 16.1 Å². The zero-order valence-corrected chi connectivity index (χ0v) is 16.2. The molecule has 0 bridgehead atoms. The summed E-state index contributed by atoms with van der Waals surface area (Å²) in [6.45, 7) is 6.51. The summed E-state index contributed by atoms with van der Waals surface area (Å²) in [6, 6.07) is 0. The SMILES string of the molecule is CCc1cnc(CNC(=NC)N2CCC(OCC3CCCO3)CC2)s1. The molecule has 0 amide bonds. The van der Waals surface area contributed by atoms with Gasteiger partial charge in [-0.3, -0.25) is 4.99 Å². The standard InChI is InChI=1S/C18H30N4O2S/c1-3-16-11-20-17(25-16)12-21-18(19-2)22-8-6-14(7-9-22)24-13-15-5-4-10-23-15/h11,14-15H,3-10,12-13H2,1-2H3,(H,19,21). The van der Waals surface area contributed by atoms with E-state index < -0.39 is 0 Å². The first-order chi connectivity index (χ1) is 12.3. The van der Waals surface area contributed by atoms with Gasteiger partial charge in [-0.15, -0.1) is 11.3 Å². The van der Waals surface area contributed by atoms with Crippen molar-refractivity contribution in [2.24, 2.45) is 4.99 Å². The molecule has 0 saturated carbocycles. The molecular formula is C18H30N4O2S. The van der Waals surface area contributed by atoms with Gasteiger partial charge in [0.2, 0.25) is 0 Å². The smallest absolute Gasteiger partial charge is 0.193 e. The zero-order valence-electron chi connectivity index (χ0n) is 15.4. The van der Waals surface area contributed by atoms with Crippen molar-refractivity contribution in [2.75, 3.05) is 33.4 Å². The molecule has 6 nitrogen and oxygen atoms in total. The third kappa shape index (κ3) is 5.39. The molecule has 140 valence electrons. The number of aromatic nitrogens is 1. The van der Waals surface area contributed by atoms with E-state index in [-0.39, 0.29) is 0 Å². The molecule has 2 aliphatic heterocycles. The lowest BCUT2D eigenvalue weighted by Gasteiger charge is -2.34. The minimum absolute atomic E-state index is 0.318. The van der Waals surface area contributed by atoms with Crippen LogP contribution in [0.2, 0.25) is 0 Å². The minimum Gasteiger partial charge on any atom is -0.376 e. The normalized spacial score (nSPS) is 22.6. The number of aryl methyl sites for hydroxylation is 1. The molecule has 2 saturated heterocycles. The van der Waals surface area contributed by atoms with E-state index in [4.69, 9.17) is 9.47 Å². The molecule has 25 heavy (non-hydrogen) atoms. The Labute approximate surface area is 154 Å². The number of thiazole rings is 1. The zero-order chi connectivity index (χ0) is 17.5. The Balaban J connectivity index is 1.39. The quantitative estimate of drug-likeness (QED) is 0.619. The van der Waals surface area contributed by atoms with Crippen molar-refractivity contribution in [3.63, 3.8) is 0 Å². The van der Waals surface area contributed by atoms with E-state index >= 15 is 0 Å². The van der Waals surface area contributed by atoms with E-state index in [0.29, 0.717) is 12.2 Å². The minimum atomic E-state index is 0.318. The van der Waals surface area contributed by atoms with Gasteiger partial charge in [0.05, 0.1) is 25.4 Å². The van der Waals surface area contributed by atoms with E-state index in [0.717, 1.165) is 69.5 Å². The summed E-state index contributed by atoms with van der Waals surface area (Å²) in [5.41, 5.74) is 0. The van der Waals surface area contributed by atoms with E-state index in [1.807, 2.05) is 13.2 Å². The van der Waals surface area contributed by atoms with Gasteiger partial charge in [0.25, 0.3) is 0 Å². The van der Waals surface area contributed by atoms with E-state index in [9.17, 15) is 0 Å². The highest BCUT2D eigenvalue weighted by atomic mass is 32.1. The van der Waals surface area contributed by atoms with Crippen molar-refractivity contribution in [1.82, 2.24) is 15.2 Å². The second-order valence-corrected chi connectivity index (χ2v) is 7.83. The maximum atomic E-state index is 6.05. The van der Waals surface area contributed by atoms with E-state index in [1.165, 1.54) is 11.3 Å². The van der Waals surface area contributed by atoms with Gasteiger partial charge in [-0.05, 0) is 32.1 Å². The van der Waals surface area contributed by atoms with Crippen LogP contribution in [0.25, 0.3) is 0 Å². The van der Waals surface area contributed by atoms with Gasteiger partial charge in [0.1, 0.15) is 5.01 Å². The molecule has 1 aromatic rings. The molecule has 1 atom stereocenters. The summed E-state index contributed by atoms with van der Waals surface area (Å²) in [7, 11) is 1.85. The fourth-order valence-electron chi connectivity index (χ4n) is 3.33.